The van der Waals surface area contributed by atoms with E-state index in [0.717, 1.165) is 13.1 Å². The molecule has 1 aromatic rings. The summed E-state index contributed by atoms with van der Waals surface area (Å²) in [5.41, 5.74) is 0.578. The van der Waals surface area contributed by atoms with E-state index in [4.69, 9.17) is 23.2 Å². The van der Waals surface area contributed by atoms with Gasteiger partial charge in [-0.3, -0.25) is 0 Å². The van der Waals surface area contributed by atoms with Crippen molar-refractivity contribution in [3.63, 3.8) is 0 Å². The van der Waals surface area contributed by atoms with E-state index in [-0.39, 0.29) is 9.92 Å². The molecule has 0 aliphatic carbocycles. The molecule has 0 aromatic heterocycles. The Kier molecular flexibility index (Phi) is 6.75. The molecule has 4 nitrogen and oxygen atoms in total. The lowest BCUT2D eigenvalue weighted by Gasteiger charge is -2.18. The van der Waals surface area contributed by atoms with Gasteiger partial charge in [0.1, 0.15) is 0 Å². The lowest BCUT2D eigenvalue weighted by Crippen LogP contribution is -2.35. The first-order valence-electron chi connectivity index (χ1n) is 6.49. The largest absolute Gasteiger partial charge is 0.303 e. The Morgan fingerprint density at radius 2 is 1.70 bits per heavy atom. The van der Waals surface area contributed by atoms with Gasteiger partial charge in [-0.2, -0.15) is 0 Å². The first kappa shape index (κ1) is 17.7. The molecule has 0 aliphatic rings. The van der Waals surface area contributed by atoms with Crippen LogP contribution in [0.3, 0.4) is 0 Å². The number of nitrogens with one attached hydrogen (secondary N) is 1. The summed E-state index contributed by atoms with van der Waals surface area (Å²) in [6.45, 7) is 8.60. The summed E-state index contributed by atoms with van der Waals surface area (Å²) in [5.74, 6) is 0. The van der Waals surface area contributed by atoms with Crippen molar-refractivity contribution in [3.05, 3.63) is 27.7 Å². The fraction of sp³-hybridized carbons (Fsp3) is 0.538. The van der Waals surface area contributed by atoms with Gasteiger partial charge < -0.3 is 4.90 Å². The number of aryl methyl sites for hydroxylation is 1. The number of sulfonamides is 1. The predicted molar refractivity (Wildman–Crippen MR) is 84.2 cm³/mol. The molecule has 0 atom stereocenters. The summed E-state index contributed by atoms with van der Waals surface area (Å²) in [5, 5.41) is 0.590. The van der Waals surface area contributed by atoms with Crippen molar-refractivity contribution in [3.8, 4) is 0 Å². The zero-order chi connectivity index (χ0) is 15.3. The maximum absolute atomic E-state index is 12.2. The fourth-order valence-electron chi connectivity index (χ4n) is 1.87. The van der Waals surface area contributed by atoms with Crippen LogP contribution < -0.4 is 4.72 Å². The van der Waals surface area contributed by atoms with Crippen molar-refractivity contribution in [1.29, 1.82) is 0 Å². The van der Waals surface area contributed by atoms with Gasteiger partial charge in [-0.05, 0) is 37.7 Å². The van der Waals surface area contributed by atoms with Crippen LogP contribution in [-0.4, -0.2) is 39.5 Å². The Bertz CT molecular complexity index is 558. The van der Waals surface area contributed by atoms with Gasteiger partial charge in [-0.15, -0.1) is 0 Å². The molecule has 0 heterocycles. The van der Waals surface area contributed by atoms with Crippen molar-refractivity contribution in [2.75, 3.05) is 26.2 Å². The van der Waals surface area contributed by atoms with Crippen molar-refractivity contribution < 1.29 is 8.42 Å². The molecule has 0 aliphatic heterocycles. The zero-order valence-electron chi connectivity index (χ0n) is 11.9. The van der Waals surface area contributed by atoms with Gasteiger partial charge in [0.2, 0.25) is 10.0 Å². The van der Waals surface area contributed by atoms with E-state index in [9.17, 15) is 8.42 Å². The lowest BCUT2D eigenvalue weighted by molar-refractivity contribution is 0.309. The molecule has 0 saturated carbocycles. The lowest BCUT2D eigenvalue weighted by atomic mass is 10.2. The Morgan fingerprint density at radius 3 is 2.25 bits per heavy atom. The van der Waals surface area contributed by atoms with Gasteiger partial charge in [0, 0.05) is 13.1 Å². The van der Waals surface area contributed by atoms with E-state index in [1.54, 1.807) is 13.0 Å². The van der Waals surface area contributed by atoms with E-state index >= 15 is 0 Å². The standard InChI is InChI=1S/C13H20Cl2N2O2S/c1-4-17(5-2)7-6-16-20(18,19)13-9-12(15)11(14)8-10(13)3/h8-9,16H,4-7H2,1-3H3. The van der Waals surface area contributed by atoms with Gasteiger partial charge in [-0.1, -0.05) is 37.0 Å². The second-order valence-electron chi connectivity index (χ2n) is 4.46. The molecule has 7 heteroatoms. The molecule has 0 fully saturated rings. The third-order valence-corrected chi connectivity index (χ3v) is 5.45. The zero-order valence-corrected chi connectivity index (χ0v) is 14.2. The summed E-state index contributed by atoms with van der Waals surface area (Å²) in [6, 6.07) is 2.95. The highest BCUT2D eigenvalue weighted by atomic mass is 35.5. The molecule has 114 valence electrons. The van der Waals surface area contributed by atoms with Crippen LogP contribution in [0.1, 0.15) is 19.4 Å². The normalized spacial score (nSPS) is 12.1. The topological polar surface area (TPSA) is 49.4 Å². The summed E-state index contributed by atoms with van der Waals surface area (Å²) in [4.78, 5) is 2.32. The number of nitrogens with zero attached hydrogens (tertiary/aromatic N) is 1. The molecular weight excluding hydrogens is 319 g/mol. The molecule has 0 bridgehead atoms. The summed E-state index contributed by atoms with van der Waals surface area (Å²) >= 11 is 11.8. The van der Waals surface area contributed by atoms with Gasteiger partial charge >= 0.3 is 0 Å². The van der Waals surface area contributed by atoms with Crippen LogP contribution in [0.5, 0.6) is 0 Å². The van der Waals surface area contributed by atoms with Crippen LogP contribution in [-0.2, 0) is 10.0 Å². The molecule has 1 rings (SSSR count). The van der Waals surface area contributed by atoms with E-state index < -0.39 is 10.0 Å². The van der Waals surface area contributed by atoms with Crippen LogP contribution >= 0.6 is 23.2 Å². The molecule has 0 saturated heterocycles. The molecule has 20 heavy (non-hydrogen) atoms. The van der Waals surface area contributed by atoms with Crippen LogP contribution in [0.15, 0.2) is 17.0 Å². The van der Waals surface area contributed by atoms with Crippen LogP contribution in [0.25, 0.3) is 0 Å². The number of hydrogen-bond donors (Lipinski definition) is 1. The van der Waals surface area contributed by atoms with E-state index in [1.165, 1.54) is 6.07 Å². The Hall–Kier alpha value is -0.330. The van der Waals surface area contributed by atoms with E-state index in [0.29, 0.717) is 23.7 Å². The first-order valence-corrected chi connectivity index (χ1v) is 8.73. The maximum Gasteiger partial charge on any atom is 0.240 e. The highest BCUT2D eigenvalue weighted by Crippen LogP contribution is 2.27. The average Bonchev–Trinajstić information content (AvgIpc) is 2.38. The Labute approximate surface area is 131 Å². The molecule has 1 aromatic carbocycles. The van der Waals surface area contributed by atoms with Crippen molar-refractivity contribution in [1.82, 2.24) is 9.62 Å². The minimum atomic E-state index is -3.56. The second kappa shape index (κ2) is 7.61. The monoisotopic (exact) mass is 338 g/mol. The number of likely N-dealkylation sites (N-methyl/N-ethyl adjacent to an activating group) is 1. The number of halogens is 2. The van der Waals surface area contributed by atoms with Crippen molar-refractivity contribution in [2.45, 2.75) is 25.7 Å². The van der Waals surface area contributed by atoms with Gasteiger partial charge in [-0.25, -0.2) is 13.1 Å². The SMILES string of the molecule is CCN(CC)CCNS(=O)(=O)c1cc(Cl)c(Cl)cc1C. The fourth-order valence-corrected chi connectivity index (χ4v) is 3.59. The molecule has 0 radical (unpaired) electrons. The van der Waals surface area contributed by atoms with Crippen molar-refractivity contribution >= 4 is 33.2 Å². The highest BCUT2D eigenvalue weighted by Gasteiger charge is 2.18. The molecular formula is C13H20Cl2N2O2S. The van der Waals surface area contributed by atoms with E-state index in [2.05, 4.69) is 9.62 Å². The molecule has 1 N–H and O–H groups in total. The van der Waals surface area contributed by atoms with E-state index in [1.807, 2.05) is 13.8 Å². The van der Waals surface area contributed by atoms with Crippen LogP contribution in [0.4, 0.5) is 0 Å². The predicted octanol–water partition coefficient (Wildman–Crippen LogP) is 2.92. The Morgan fingerprint density at radius 1 is 1.15 bits per heavy atom. The summed E-state index contributed by atoms with van der Waals surface area (Å²) in [6.07, 6.45) is 0. The molecule has 0 amide bonds. The quantitative estimate of drug-likeness (QED) is 0.831. The van der Waals surface area contributed by atoms with Gasteiger partial charge in [0.15, 0.2) is 0 Å². The molecule has 0 unspecified atom stereocenters. The number of hydrogen-bond acceptors (Lipinski definition) is 3. The third-order valence-electron chi connectivity index (χ3n) is 3.12. The number of rotatable bonds is 7. The minimum Gasteiger partial charge on any atom is -0.303 e. The second-order valence-corrected chi connectivity index (χ2v) is 7.01. The number of benzene rings is 1. The maximum atomic E-state index is 12.2. The van der Waals surface area contributed by atoms with Gasteiger partial charge in [0.25, 0.3) is 0 Å². The highest BCUT2D eigenvalue weighted by molar-refractivity contribution is 7.89. The first-order chi connectivity index (χ1) is 9.31. The summed E-state index contributed by atoms with van der Waals surface area (Å²) in [7, 11) is -3.56. The van der Waals surface area contributed by atoms with Crippen LogP contribution in [0.2, 0.25) is 10.0 Å². The molecule has 0 spiro atoms. The minimum absolute atomic E-state index is 0.173. The Balaban J connectivity index is 2.82. The average molecular weight is 339 g/mol. The third kappa shape index (κ3) is 4.60. The van der Waals surface area contributed by atoms with Crippen molar-refractivity contribution in [2.24, 2.45) is 0 Å². The van der Waals surface area contributed by atoms with Gasteiger partial charge in [0.05, 0.1) is 14.9 Å². The van der Waals surface area contributed by atoms with Crippen LogP contribution in [0, 0.1) is 6.92 Å². The summed E-state index contributed by atoms with van der Waals surface area (Å²) < 4.78 is 27.1. The smallest absolute Gasteiger partial charge is 0.240 e.